The summed E-state index contributed by atoms with van der Waals surface area (Å²) in [5, 5.41) is 8.64. The van der Waals surface area contributed by atoms with Gasteiger partial charge in [0.25, 0.3) is 0 Å². The molecule has 1 atom stereocenters. The summed E-state index contributed by atoms with van der Waals surface area (Å²) < 4.78 is 1.77. The zero-order valence-corrected chi connectivity index (χ0v) is 22.1. The molecule has 1 unspecified atom stereocenters. The van der Waals surface area contributed by atoms with Gasteiger partial charge in [0.2, 0.25) is 5.91 Å². The fraction of sp³-hybridized carbons (Fsp3) is 0.233. The molecule has 2 aromatic carbocycles. The Bertz CT molecular complexity index is 1690. The van der Waals surface area contributed by atoms with Crippen LogP contribution in [0.25, 0.3) is 16.6 Å². The van der Waals surface area contributed by atoms with E-state index < -0.39 is 0 Å². The van der Waals surface area contributed by atoms with Crippen molar-refractivity contribution in [2.24, 2.45) is 0 Å². The summed E-state index contributed by atoms with van der Waals surface area (Å²) in [7, 11) is 0. The van der Waals surface area contributed by atoms with E-state index in [9.17, 15) is 4.79 Å². The van der Waals surface area contributed by atoms with Crippen LogP contribution >= 0.6 is 0 Å². The number of fused-ring (bicyclic) bond motifs is 2. The fourth-order valence-electron chi connectivity index (χ4n) is 5.27. The normalized spacial score (nSPS) is 15.6. The van der Waals surface area contributed by atoms with Crippen molar-refractivity contribution in [1.82, 2.24) is 29.5 Å². The number of amides is 1. The quantitative estimate of drug-likeness (QED) is 0.330. The van der Waals surface area contributed by atoms with Crippen molar-refractivity contribution in [2.45, 2.75) is 26.3 Å². The van der Waals surface area contributed by atoms with E-state index in [0.717, 1.165) is 53.3 Å². The Morgan fingerprint density at radius 2 is 1.97 bits per heavy atom. The van der Waals surface area contributed by atoms with Crippen LogP contribution < -0.4 is 10.2 Å². The molecule has 9 heteroatoms. The highest BCUT2D eigenvalue weighted by molar-refractivity contribution is 5.93. The number of hydrogen-bond acceptors (Lipinski definition) is 7. The van der Waals surface area contributed by atoms with Crippen molar-refractivity contribution in [2.75, 3.05) is 29.9 Å². The third-order valence-corrected chi connectivity index (χ3v) is 7.41. The predicted octanol–water partition coefficient (Wildman–Crippen LogP) is 4.54. The minimum Gasteiger partial charge on any atom is -0.368 e. The van der Waals surface area contributed by atoms with Crippen LogP contribution in [0.1, 0.15) is 23.6 Å². The number of carbonyl (C=O) groups excluding carboxylic acids is 1. The Balaban J connectivity index is 1.22. The highest BCUT2D eigenvalue weighted by atomic mass is 16.2. The van der Waals surface area contributed by atoms with Gasteiger partial charge in [0.1, 0.15) is 18.5 Å². The number of aryl methyl sites for hydroxylation is 1. The fourth-order valence-corrected chi connectivity index (χ4v) is 5.27. The summed E-state index contributed by atoms with van der Waals surface area (Å²) in [5.74, 6) is 0.748. The van der Waals surface area contributed by atoms with Crippen molar-refractivity contribution in [3.05, 3.63) is 96.7 Å². The molecule has 1 saturated heterocycles. The van der Waals surface area contributed by atoms with Crippen molar-refractivity contribution >= 4 is 39.6 Å². The number of hydrogen-bond donors (Lipinski definition) is 1. The van der Waals surface area contributed by atoms with Crippen LogP contribution in [-0.2, 0) is 11.2 Å². The average Bonchev–Trinajstić information content (AvgIpc) is 3.42. The zero-order chi connectivity index (χ0) is 26.9. The first-order valence-electron chi connectivity index (χ1n) is 13.1. The number of nitrogens with zero attached hydrogens (tertiary/aromatic N) is 7. The second-order valence-electron chi connectivity index (χ2n) is 10.00. The molecule has 4 heterocycles. The zero-order valence-electron chi connectivity index (χ0n) is 22.1. The third-order valence-electron chi connectivity index (χ3n) is 7.41. The topological polar surface area (TPSA) is 91.6 Å². The summed E-state index contributed by atoms with van der Waals surface area (Å²) >= 11 is 0. The van der Waals surface area contributed by atoms with Crippen LogP contribution in [0.15, 0.2) is 80.0 Å². The molecule has 1 aliphatic rings. The maximum Gasteiger partial charge on any atom is 0.246 e. The van der Waals surface area contributed by atoms with Crippen molar-refractivity contribution in [3.63, 3.8) is 0 Å². The summed E-state index contributed by atoms with van der Waals surface area (Å²) in [6, 6.07) is 16.9. The first-order valence-corrected chi connectivity index (χ1v) is 13.1. The molecular formula is C30H30N8O. The van der Waals surface area contributed by atoms with E-state index in [0.29, 0.717) is 6.54 Å². The standard InChI is InChI=1S/C30H30N8O/c1-4-29(39)37-12-11-36(17-21(37)3)25-7-8-27-26(16-25)30(33-18-31-27)35-24-6-5-23(20(2)13-24)14-22-9-10-38-28(15-22)32-19-34-38/h4-10,13,15-16,18-19,21H,1,11-12,14,17H2,2-3H3,(H,31,33,35). The second-order valence-corrected chi connectivity index (χ2v) is 10.00. The number of rotatable bonds is 6. The number of piperazine rings is 1. The Kier molecular flexibility index (Phi) is 6.40. The van der Waals surface area contributed by atoms with Crippen LogP contribution in [0.5, 0.6) is 0 Å². The van der Waals surface area contributed by atoms with E-state index in [1.807, 2.05) is 17.2 Å². The molecule has 0 spiro atoms. The minimum absolute atomic E-state index is 0.0155. The van der Waals surface area contributed by atoms with Crippen molar-refractivity contribution < 1.29 is 4.79 Å². The van der Waals surface area contributed by atoms with Crippen LogP contribution in [0, 0.1) is 6.92 Å². The molecule has 0 bridgehead atoms. The van der Waals surface area contributed by atoms with Crippen molar-refractivity contribution in [1.29, 1.82) is 0 Å². The molecule has 196 valence electrons. The third kappa shape index (κ3) is 4.90. The number of anilines is 3. The smallest absolute Gasteiger partial charge is 0.246 e. The molecule has 1 amide bonds. The number of benzene rings is 2. The summed E-state index contributed by atoms with van der Waals surface area (Å²) in [6.07, 6.45) is 7.31. The van der Waals surface area contributed by atoms with Crippen LogP contribution in [0.3, 0.4) is 0 Å². The maximum atomic E-state index is 12.1. The highest BCUT2D eigenvalue weighted by Crippen LogP contribution is 2.29. The lowest BCUT2D eigenvalue weighted by atomic mass is 10.0. The van der Waals surface area contributed by atoms with E-state index in [1.54, 1.807) is 17.2 Å². The monoisotopic (exact) mass is 518 g/mol. The average molecular weight is 519 g/mol. The largest absolute Gasteiger partial charge is 0.368 e. The molecule has 9 nitrogen and oxygen atoms in total. The molecule has 0 saturated carbocycles. The van der Waals surface area contributed by atoms with Crippen molar-refractivity contribution in [3.8, 4) is 0 Å². The molecule has 0 aliphatic carbocycles. The van der Waals surface area contributed by atoms with Gasteiger partial charge in [-0.15, -0.1) is 0 Å². The lowest BCUT2D eigenvalue weighted by Gasteiger charge is -2.40. The molecule has 3 aromatic heterocycles. The predicted molar refractivity (Wildman–Crippen MR) is 153 cm³/mol. The van der Waals surface area contributed by atoms with E-state index >= 15 is 0 Å². The van der Waals surface area contributed by atoms with Gasteiger partial charge in [0, 0.05) is 48.6 Å². The van der Waals surface area contributed by atoms with Gasteiger partial charge < -0.3 is 15.1 Å². The highest BCUT2D eigenvalue weighted by Gasteiger charge is 2.26. The van der Waals surface area contributed by atoms with Crippen LogP contribution in [0.4, 0.5) is 17.2 Å². The number of aromatic nitrogens is 5. The molecule has 5 aromatic rings. The Labute approximate surface area is 226 Å². The van der Waals surface area contributed by atoms with E-state index in [4.69, 9.17) is 0 Å². The molecule has 1 aliphatic heterocycles. The number of carbonyl (C=O) groups is 1. The first kappa shape index (κ1) is 24.5. The first-order chi connectivity index (χ1) is 19.0. The molecule has 0 radical (unpaired) electrons. The van der Waals surface area contributed by atoms with Crippen LogP contribution in [-0.4, -0.2) is 61.0 Å². The Morgan fingerprint density at radius 1 is 1.08 bits per heavy atom. The van der Waals surface area contributed by atoms with Gasteiger partial charge in [0.15, 0.2) is 5.65 Å². The SMILES string of the molecule is C=CC(=O)N1CCN(c2ccc3ncnc(Nc4ccc(Cc5ccn6ncnc6c5)c(C)c4)c3c2)CC1C. The van der Waals surface area contributed by atoms with Gasteiger partial charge in [-0.25, -0.2) is 19.5 Å². The molecule has 39 heavy (non-hydrogen) atoms. The lowest BCUT2D eigenvalue weighted by molar-refractivity contribution is -0.128. The summed E-state index contributed by atoms with van der Waals surface area (Å²) in [6.45, 7) is 10.0. The van der Waals surface area contributed by atoms with Crippen LogP contribution in [0.2, 0.25) is 0 Å². The second kappa shape index (κ2) is 10.2. The lowest BCUT2D eigenvalue weighted by Crippen LogP contribution is -2.53. The van der Waals surface area contributed by atoms with E-state index in [2.05, 4.69) is 93.2 Å². The van der Waals surface area contributed by atoms with Gasteiger partial charge >= 0.3 is 0 Å². The van der Waals surface area contributed by atoms with E-state index in [-0.39, 0.29) is 11.9 Å². The van der Waals surface area contributed by atoms with Gasteiger partial charge in [-0.3, -0.25) is 4.79 Å². The molecular weight excluding hydrogens is 488 g/mol. The van der Waals surface area contributed by atoms with Gasteiger partial charge in [0.05, 0.1) is 5.52 Å². The Morgan fingerprint density at radius 3 is 2.79 bits per heavy atom. The summed E-state index contributed by atoms with van der Waals surface area (Å²) in [5.41, 5.74) is 7.43. The minimum atomic E-state index is -0.0155. The number of nitrogens with one attached hydrogen (secondary N) is 1. The number of pyridine rings is 1. The summed E-state index contributed by atoms with van der Waals surface area (Å²) in [4.78, 5) is 29.7. The Hall–Kier alpha value is -4.79. The van der Waals surface area contributed by atoms with Gasteiger partial charge in [-0.2, -0.15) is 5.10 Å². The molecule has 6 rings (SSSR count). The van der Waals surface area contributed by atoms with Gasteiger partial charge in [-0.1, -0.05) is 12.6 Å². The molecule has 1 fully saturated rings. The van der Waals surface area contributed by atoms with E-state index in [1.165, 1.54) is 22.8 Å². The maximum absolute atomic E-state index is 12.1. The van der Waals surface area contributed by atoms with Gasteiger partial charge in [-0.05, 0) is 85.5 Å². The molecule has 1 N–H and O–H groups in total.